The highest BCUT2D eigenvalue weighted by molar-refractivity contribution is 7.13. The zero-order valence-corrected chi connectivity index (χ0v) is 18.5. The van der Waals surface area contributed by atoms with Gasteiger partial charge in [0.2, 0.25) is 0 Å². The first-order valence-corrected chi connectivity index (χ1v) is 10.8. The van der Waals surface area contributed by atoms with E-state index in [1.54, 1.807) is 42.2 Å². The van der Waals surface area contributed by atoms with Crippen molar-refractivity contribution in [2.75, 3.05) is 11.9 Å². The number of hydrogen-bond acceptors (Lipinski definition) is 8. The Hall–Kier alpha value is -3.95. The van der Waals surface area contributed by atoms with Crippen LogP contribution in [0.2, 0.25) is 0 Å². The van der Waals surface area contributed by atoms with Crippen LogP contribution in [0.25, 0.3) is 16.4 Å². The number of halogens is 3. The van der Waals surface area contributed by atoms with Gasteiger partial charge in [0.25, 0.3) is 0 Å². The van der Waals surface area contributed by atoms with Gasteiger partial charge in [-0.1, -0.05) is 0 Å². The minimum atomic E-state index is -4.95. The highest BCUT2D eigenvalue weighted by Crippen LogP contribution is 2.35. The molecule has 4 aromatic rings. The summed E-state index contributed by atoms with van der Waals surface area (Å²) in [6.07, 6.45) is -1.39. The van der Waals surface area contributed by atoms with Crippen molar-refractivity contribution in [2.45, 2.75) is 19.7 Å². The molecule has 0 bridgehead atoms. The van der Waals surface area contributed by atoms with E-state index >= 15 is 0 Å². The molecule has 0 fully saturated rings. The minimum Gasteiger partial charge on any atom is -0.404 e. The molecule has 8 nitrogen and oxygen atoms in total. The molecule has 0 radical (unpaired) electrons. The number of ether oxygens (including phenoxy) is 1. The number of aryl methyl sites for hydroxylation is 1. The average Bonchev–Trinajstić information content (AvgIpc) is 3.47. The predicted molar refractivity (Wildman–Crippen MR) is 119 cm³/mol. The first kappa shape index (κ1) is 23.2. The predicted octanol–water partition coefficient (Wildman–Crippen LogP) is 4.75. The molecule has 4 rings (SSSR count). The number of nitrogens with zero attached hydrogens (tertiary/aromatic N) is 5. The first-order chi connectivity index (χ1) is 16.3. The third-order valence-electron chi connectivity index (χ3n) is 4.67. The molecule has 12 heteroatoms. The van der Waals surface area contributed by atoms with Crippen LogP contribution in [-0.2, 0) is 6.42 Å². The lowest BCUT2D eigenvalue weighted by atomic mass is 10.1. The van der Waals surface area contributed by atoms with Crippen LogP contribution in [0.1, 0.15) is 16.8 Å². The van der Waals surface area contributed by atoms with Crippen molar-refractivity contribution in [1.82, 2.24) is 19.7 Å². The monoisotopic (exact) mass is 486 g/mol. The highest BCUT2D eigenvalue weighted by Gasteiger charge is 2.32. The van der Waals surface area contributed by atoms with E-state index in [-0.39, 0.29) is 30.1 Å². The maximum Gasteiger partial charge on any atom is 0.573 e. The molecule has 1 aromatic carbocycles. The summed E-state index contributed by atoms with van der Waals surface area (Å²) in [7, 11) is 0. The number of pyridine rings is 1. The van der Waals surface area contributed by atoms with Gasteiger partial charge in [0.05, 0.1) is 23.0 Å². The van der Waals surface area contributed by atoms with Gasteiger partial charge < -0.3 is 15.2 Å². The standard InChI is InChI=1S/C22H17F3N6O2S/c1-13-10-18(31-7-4-17(30-31)21-27-6-9-34-21)15(5-8-32)20(28-13)29-16-3-2-14(12-26)11-19(16)33-22(23,24)25/h2-4,6-7,9-11,32H,5,8H2,1H3,(H,28,29). The topological polar surface area (TPSA) is 109 Å². The number of aromatic nitrogens is 4. The Morgan fingerprint density at radius 2 is 2.09 bits per heavy atom. The zero-order valence-electron chi connectivity index (χ0n) is 17.7. The third-order valence-corrected chi connectivity index (χ3v) is 5.46. The second-order valence-electron chi connectivity index (χ2n) is 7.06. The van der Waals surface area contributed by atoms with Crippen LogP contribution < -0.4 is 10.1 Å². The second-order valence-corrected chi connectivity index (χ2v) is 7.96. The van der Waals surface area contributed by atoms with Gasteiger partial charge in [-0.15, -0.1) is 24.5 Å². The number of nitriles is 1. The summed E-state index contributed by atoms with van der Waals surface area (Å²) in [6.45, 7) is 1.50. The highest BCUT2D eigenvalue weighted by atomic mass is 32.1. The van der Waals surface area contributed by atoms with Crippen LogP contribution in [0, 0.1) is 18.3 Å². The van der Waals surface area contributed by atoms with E-state index in [9.17, 15) is 18.3 Å². The molecule has 2 N–H and O–H groups in total. The number of aliphatic hydroxyl groups excluding tert-OH is 1. The molecule has 0 aliphatic rings. The fraction of sp³-hybridized carbons (Fsp3) is 0.182. The summed E-state index contributed by atoms with van der Waals surface area (Å²) in [5, 5.41) is 28.8. The van der Waals surface area contributed by atoms with E-state index in [4.69, 9.17) is 5.26 Å². The zero-order chi connectivity index (χ0) is 24.3. The van der Waals surface area contributed by atoms with Gasteiger partial charge in [0, 0.05) is 48.1 Å². The Labute approximate surface area is 195 Å². The first-order valence-electron chi connectivity index (χ1n) is 9.91. The van der Waals surface area contributed by atoms with Gasteiger partial charge in [0.15, 0.2) is 5.75 Å². The lowest BCUT2D eigenvalue weighted by molar-refractivity contribution is -0.274. The molecule has 0 aliphatic carbocycles. The summed E-state index contributed by atoms with van der Waals surface area (Å²) < 4.78 is 44.6. The number of anilines is 2. The van der Waals surface area contributed by atoms with E-state index < -0.39 is 12.1 Å². The maximum atomic E-state index is 13.0. The molecule has 0 spiro atoms. The fourth-order valence-corrected chi connectivity index (χ4v) is 3.90. The van der Waals surface area contributed by atoms with Gasteiger partial charge in [-0.05, 0) is 31.2 Å². The van der Waals surface area contributed by atoms with Crippen LogP contribution in [0.5, 0.6) is 5.75 Å². The quantitative estimate of drug-likeness (QED) is 0.388. The molecule has 0 saturated heterocycles. The van der Waals surface area contributed by atoms with Crippen molar-refractivity contribution in [3.05, 3.63) is 64.9 Å². The van der Waals surface area contributed by atoms with Crippen LogP contribution in [0.3, 0.4) is 0 Å². The molecule has 0 unspecified atom stereocenters. The Kier molecular flexibility index (Phi) is 6.49. The van der Waals surface area contributed by atoms with Gasteiger partial charge in [-0.25, -0.2) is 14.6 Å². The molecule has 0 amide bonds. The number of thiazole rings is 1. The molecule has 0 aliphatic heterocycles. The van der Waals surface area contributed by atoms with Crippen molar-refractivity contribution in [3.8, 4) is 28.2 Å². The van der Waals surface area contributed by atoms with Crippen molar-refractivity contribution in [3.63, 3.8) is 0 Å². The van der Waals surface area contributed by atoms with E-state index in [1.165, 1.54) is 23.5 Å². The number of benzene rings is 1. The summed E-state index contributed by atoms with van der Waals surface area (Å²) in [5.41, 5.74) is 2.32. The number of aliphatic hydroxyl groups is 1. The summed E-state index contributed by atoms with van der Waals surface area (Å²) >= 11 is 1.44. The lowest BCUT2D eigenvalue weighted by Crippen LogP contribution is -2.18. The van der Waals surface area contributed by atoms with Gasteiger partial charge in [-0.2, -0.15) is 10.4 Å². The second kappa shape index (κ2) is 9.50. The minimum absolute atomic E-state index is 0.00419. The smallest absolute Gasteiger partial charge is 0.404 e. The average molecular weight is 486 g/mol. The van der Waals surface area contributed by atoms with Crippen molar-refractivity contribution >= 4 is 22.8 Å². The van der Waals surface area contributed by atoms with Gasteiger partial charge in [-0.3, -0.25) is 0 Å². The van der Waals surface area contributed by atoms with Crippen molar-refractivity contribution < 1.29 is 23.0 Å². The molecule has 174 valence electrons. The Morgan fingerprint density at radius 3 is 2.76 bits per heavy atom. The normalized spacial score (nSPS) is 11.3. The number of nitrogens with one attached hydrogen (secondary N) is 1. The van der Waals surface area contributed by atoms with E-state index in [1.807, 2.05) is 5.38 Å². The summed E-state index contributed by atoms with van der Waals surface area (Å²) in [5.74, 6) is -0.344. The fourth-order valence-electron chi connectivity index (χ4n) is 3.30. The van der Waals surface area contributed by atoms with E-state index in [0.717, 1.165) is 11.1 Å². The SMILES string of the molecule is Cc1cc(-n2ccc(-c3nccs3)n2)c(CCO)c(Nc2ccc(C#N)cc2OC(F)(F)F)n1. The summed E-state index contributed by atoms with van der Waals surface area (Å²) in [4.78, 5) is 8.68. The number of rotatable bonds is 7. The van der Waals surface area contributed by atoms with Crippen molar-refractivity contribution in [2.24, 2.45) is 0 Å². The maximum absolute atomic E-state index is 13.0. The number of hydrogen-bond donors (Lipinski definition) is 2. The Bertz CT molecular complexity index is 1350. The van der Waals surface area contributed by atoms with Crippen molar-refractivity contribution in [1.29, 1.82) is 5.26 Å². The van der Waals surface area contributed by atoms with Crippen LogP contribution >= 0.6 is 11.3 Å². The summed E-state index contributed by atoms with van der Waals surface area (Å²) in [6, 6.07) is 9.01. The number of alkyl halides is 3. The molecule has 3 aromatic heterocycles. The molecule has 0 saturated carbocycles. The Morgan fingerprint density at radius 1 is 1.26 bits per heavy atom. The van der Waals surface area contributed by atoms with Crippen LogP contribution in [0.15, 0.2) is 48.1 Å². The van der Waals surface area contributed by atoms with E-state index in [0.29, 0.717) is 22.6 Å². The molecule has 34 heavy (non-hydrogen) atoms. The third kappa shape index (κ3) is 5.16. The molecule has 0 atom stereocenters. The lowest BCUT2D eigenvalue weighted by Gasteiger charge is -2.19. The molecule has 3 heterocycles. The van der Waals surface area contributed by atoms with Crippen LogP contribution in [0.4, 0.5) is 24.7 Å². The van der Waals surface area contributed by atoms with Crippen LogP contribution in [-0.4, -0.2) is 37.8 Å². The molecular formula is C22H17F3N6O2S. The van der Waals surface area contributed by atoms with E-state index in [2.05, 4.69) is 25.1 Å². The largest absolute Gasteiger partial charge is 0.573 e. The van der Waals surface area contributed by atoms with Gasteiger partial charge in [0.1, 0.15) is 16.5 Å². The molecular weight excluding hydrogens is 469 g/mol. The Balaban J connectivity index is 1.78. The van der Waals surface area contributed by atoms with Gasteiger partial charge >= 0.3 is 6.36 Å².